The molecule has 2 unspecified atom stereocenters. The van der Waals surface area contributed by atoms with Crippen molar-refractivity contribution in [2.75, 3.05) is 13.2 Å². The molecule has 2 aliphatic heterocycles. The molecule has 8 nitrogen and oxygen atoms in total. The average Bonchev–Trinajstić information content (AvgIpc) is 3.44. The van der Waals surface area contributed by atoms with Crippen LogP contribution in [0.4, 0.5) is 17.6 Å². The quantitative estimate of drug-likeness (QED) is 0.473. The van der Waals surface area contributed by atoms with Crippen LogP contribution < -0.4 is 0 Å². The van der Waals surface area contributed by atoms with Crippen LogP contribution in [0.5, 0.6) is 0 Å². The molecular weight excluding hydrogens is 440 g/mol. The van der Waals surface area contributed by atoms with E-state index in [0.29, 0.717) is 25.7 Å². The molecule has 174 valence electrons. The van der Waals surface area contributed by atoms with Gasteiger partial charge in [0.25, 0.3) is 0 Å². The summed E-state index contributed by atoms with van der Waals surface area (Å²) < 4.78 is 114. The highest BCUT2D eigenvalue weighted by atomic mass is 32.2. The van der Waals surface area contributed by atoms with Crippen LogP contribution in [0.15, 0.2) is 0 Å². The lowest BCUT2D eigenvalue weighted by molar-refractivity contribution is -0.355. The molecule has 4 fully saturated rings. The largest absolute Gasteiger partial charge is 0.459 e. The molecule has 2 atom stereocenters. The zero-order chi connectivity index (χ0) is 21.8. The van der Waals surface area contributed by atoms with Crippen molar-refractivity contribution in [3.05, 3.63) is 0 Å². The van der Waals surface area contributed by atoms with Crippen molar-refractivity contribution < 1.29 is 54.2 Å². The van der Waals surface area contributed by atoms with Crippen LogP contribution in [-0.4, -0.2) is 67.4 Å². The number of ether oxygens (including phenoxy) is 5. The van der Waals surface area contributed by atoms with Crippen LogP contribution >= 0.6 is 0 Å². The van der Waals surface area contributed by atoms with Gasteiger partial charge in [0, 0.05) is 25.7 Å². The fourth-order valence-corrected chi connectivity index (χ4v) is 4.96. The first kappa shape index (κ1) is 22.6. The molecule has 0 aromatic carbocycles. The maximum atomic E-state index is 14.3. The minimum atomic E-state index is -6.45. The molecule has 2 aliphatic carbocycles. The Kier molecular flexibility index (Phi) is 5.65. The van der Waals surface area contributed by atoms with E-state index in [1.54, 1.807) is 0 Å². The van der Waals surface area contributed by atoms with E-state index in [1.807, 2.05) is 0 Å². The SMILES string of the molecule is O=S(=O)(O)C(F)(F)C(F)(F)OC(C1COC2(CCCC2)O1)C1COC2(CCCC2)O1. The summed E-state index contributed by atoms with van der Waals surface area (Å²) in [5.41, 5.74) is 0. The van der Waals surface area contributed by atoms with Crippen LogP contribution in [0, 0.1) is 0 Å². The molecular formula is C17H24F4O8S. The third kappa shape index (κ3) is 3.86. The summed E-state index contributed by atoms with van der Waals surface area (Å²) in [6, 6.07) is 0. The number of hydrogen-bond donors (Lipinski definition) is 1. The van der Waals surface area contributed by atoms with E-state index in [1.165, 1.54) is 0 Å². The van der Waals surface area contributed by atoms with Crippen molar-refractivity contribution in [1.29, 1.82) is 0 Å². The average molecular weight is 464 g/mol. The molecule has 0 aromatic heterocycles. The summed E-state index contributed by atoms with van der Waals surface area (Å²) in [4.78, 5) is 0. The number of alkyl halides is 4. The van der Waals surface area contributed by atoms with E-state index < -0.39 is 51.4 Å². The third-order valence-corrected chi connectivity index (χ3v) is 7.05. The van der Waals surface area contributed by atoms with Gasteiger partial charge in [0.15, 0.2) is 11.6 Å². The van der Waals surface area contributed by atoms with Gasteiger partial charge in [0.2, 0.25) is 0 Å². The van der Waals surface area contributed by atoms with E-state index in [-0.39, 0.29) is 13.2 Å². The minimum absolute atomic E-state index is 0.217. The van der Waals surface area contributed by atoms with Crippen molar-refractivity contribution in [3.8, 4) is 0 Å². The summed E-state index contributed by atoms with van der Waals surface area (Å²) in [7, 11) is -6.45. The molecule has 0 amide bonds. The first-order valence-electron chi connectivity index (χ1n) is 9.93. The van der Waals surface area contributed by atoms with Crippen LogP contribution in [0.25, 0.3) is 0 Å². The lowest BCUT2D eigenvalue weighted by Crippen LogP contribution is -2.55. The Bertz CT molecular complexity index is 715. The first-order valence-corrected chi connectivity index (χ1v) is 11.4. The van der Waals surface area contributed by atoms with E-state index >= 15 is 0 Å². The summed E-state index contributed by atoms with van der Waals surface area (Å²) in [6.45, 7) is -0.434. The maximum Gasteiger partial charge on any atom is 0.459 e. The molecule has 4 aliphatic rings. The fourth-order valence-electron chi connectivity index (χ4n) is 4.61. The second kappa shape index (κ2) is 7.49. The third-order valence-electron chi connectivity index (χ3n) is 6.16. The number of halogens is 4. The highest BCUT2D eigenvalue weighted by Crippen LogP contribution is 2.47. The van der Waals surface area contributed by atoms with Crippen LogP contribution in [0.1, 0.15) is 51.4 Å². The smallest absolute Gasteiger partial charge is 0.347 e. The lowest BCUT2D eigenvalue weighted by atomic mass is 10.1. The molecule has 2 heterocycles. The first-order chi connectivity index (χ1) is 13.9. The number of rotatable bonds is 6. The normalized spacial score (nSPS) is 32.4. The highest BCUT2D eigenvalue weighted by molar-refractivity contribution is 7.86. The molecule has 0 aromatic rings. The molecule has 30 heavy (non-hydrogen) atoms. The van der Waals surface area contributed by atoms with E-state index in [0.717, 1.165) is 25.7 Å². The fraction of sp³-hybridized carbons (Fsp3) is 1.00. The Hall–Kier alpha value is -0.570. The van der Waals surface area contributed by atoms with Gasteiger partial charge >= 0.3 is 21.5 Å². The van der Waals surface area contributed by atoms with Gasteiger partial charge in [-0.1, -0.05) is 0 Å². The molecule has 4 rings (SSSR count). The second-order valence-electron chi connectivity index (χ2n) is 8.26. The van der Waals surface area contributed by atoms with Crippen LogP contribution in [-0.2, 0) is 33.8 Å². The molecule has 2 spiro atoms. The molecule has 0 radical (unpaired) electrons. The molecule has 1 N–H and O–H groups in total. The summed E-state index contributed by atoms with van der Waals surface area (Å²) in [6.07, 6.45) is -4.56. The van der Waals surface area contributed by atoms with Gasteiger partial charge in [0.1, 0.15) is 18.3 Å². The maximum absolute atomic E-state index is 14.3. The molecule has 2 saturated heterocycles. The Morgan fingerprint density at radius 1 is 0.867 bits per heavy atom. The van der Waals surface area contributed by atoms with E-state index in [4.69, 9.17) is 23.5 Å². The van der Waals surface area contributed by atoms with Gasteiger partial charge < -0.3 is 23.7 Å². The zero-order valence-corrected chi connectivity index (χ0v) is 16.8. The summed E-state index contributed by atoms with van der Waals surface area (Å²) >= 11 is 0. The topological polar surface area (TPSA) is 101 Å². The predicted molar refractivity (Wildman–Crippen MR) is 90.4 cm³/mol. The van der Waals surface area contributed by atoms with Crippen LogP contribution in [0.2, 0.25) is 0 Å². The molecule has 2 saturated carbocycles. The zero-order valence-electron chi connectivity index (χ0n) is 16.0. The van der Waals surface area contributed by atoms with Crippen molar-refractivity contribution >= 4 is 10.1 Å². The van der Waals surface area contributed by atoms with Gasteiger partial charge in [-0.3, -0.25) is 4.55 Å². The minimum Gasteiger partial charge on any atom is -0.347 e. The molecule has 0 bridgehead atoms. The van der Waals surface area contributed by atoms with Crippen molar-refractivity contribution in [1.82, 2.24) is 0 Å². The highest BCUT2D eigenvalue weighted by Gasteiger charge is 2.69. The van der Waals surface area contributed by atoms with E-state index in [9.17, 15) is 26.0 Å². The van der Waals surface area contributed by atoms with Gasteiger partial charge in [-0.25, -0.2) is 0 Å². The van der Waals surface area contributed by atoms with Crippen LogP contribution in [0.3, 0.4) is 0 Å². The standard InChI is InChI=1S/C17H24F4O8S/c18-16(19,17(20,21)30(22,23)24)29-13(11-9-25-14(27-11)5-1-2-6-14)12-10-26-15(28-12)7-3-4-8-15/h11-13H,1-10H2,(H,22,23,24). The number of hydrogen-bond acceptors (Lipinski definition) is 7. The Labute approximate surface area is 170 Å². The van der Waals surface area contributed by atoms with Gasteiger partial charge in [-0.15, -0.1) is 0 Å². The summed E-state index contributed by atoms with van der Waals surface area (Å²) in [5.74, 6) is -2.00. The van der Waals surface area contributed by atoms with Gasteiger partial charge in [-0.2, -0.15) is 26.0 Å². The predicted octanol–water partition coefficient (Wildman–Crippen LogP) is 2.82. The monoisotopic (exact) mass is 464 g/mol. The van der Waals surface area contributed by atoms with E-state index in [2.05, 4.69) is 4.74 Å². The van der Waals surface area contributed by atoms with Gasteiger partial charge in [-0.05, 0) is 25.7 Å². The van der Waals surface area contributed by atoms with Crippen molar-refractivity contribution in [3.63, 3.8) is 0 Å². The lowest BCUT2D eigenvalue weighted by Gasteiger charge is -2.34. The Balaban J connectivity index is 1.58. The second-order valence-corrected chi connectivity index (χ2v) is 9.72. The van der Waals surface area contributed by atoms with Crippen molar-refractivity contribution in [2.24, 2.45) is 0 Å². The summed E-state index contributed by atoms with van der Waals surface area (Å²) in [5, 5.41) is -5.87. The Morgan fingerprint density at radius 3 is 1.63 bits per heavy atom. The van der Waals surface area contributed by atoms with Crippen molar-refractivity contribution in [2.45, 2.75) is 92.6 Å². The molecule has 13 heteroatoms. The van der Waals surface area contributed by atoms with Gasteiger partial charge in [0.05, 0.1) is 13.2 Å². The Morgan fingerprint density at radius 2 is 1.27 bits per heavy atom.